The van der Waals surface area contributed by atoms with Gasteiger partial charge in [0, 0.05) is 6.07 Å². The van der Waals surface area contributed by atoms with Crippen LogP contribution >= 0.6 is 0 Å². The van der Waals surface area contributed by atoms with Crippen molar-refractivity contribution in [2.24, 2.45) is 0 Å². The minimum Gasteiger partial charge on any atom is -0.466 e. The molecule has 0 N–H and O–H groups in total. The predicted octanol–water partition coefficient (Wildman–Crippen LogP) is 4.39. The number of carbonyl (C=O) groups excluding carboxylic acids is 1. The Kier molecular flexibility index (Phi) is 6.07. The van der Waals surface area contributed by atoms with Gasteiger partial charge in [0.25, 0.3) is 5.69 Å². The summed E-state index contributed by atoms with van der Waals surface area (Å²) in [6.45, 7) is 14.0. The molecule has 0 bridgehead atoms. The van der Waals surface area contributed by atoms with E-state index in [1.807, 2.05) is 13.1 Å². The Hall–Kier alpha value is -1.99. The zero-order valence-electron chi connectivity index (χ0n) is 15.1. The third-order valence-electron chi connectivity index (χ3n) is 4.40. The van der Waals surface area contributed by atoms with Gasteiger partial charge in [-0.25, -0.2) is 4.79 Å². The van der Waals surface area contributed by atoms with E-state index in [1.54, 1.807) is 18.2 Å². The number of ether oxygens (including phenoxy) is 1. The molecule has 24 heavy (non-hydrogen) atoms. The fourth-order valence-corrected chi connectivity index (χ4v) is 3.12. The lowest BCUT2D eigenvalue weighted by molar-refractivity contribution is -0.386. The van der Waals surface area contributed by atoms with Crippen molar-refractivity contribution in [3.05, 3.63) is 52.1 Å². The number of carbonyl (C=O) groups is 1. The van der Waals surface area contributed by atoms with Gasteiger partial charge in [0.15, 0.2) is 8.32 Å². The van der Waals surface area contributed by atoms with Crippen LogP contribution in [0.5, 0.6) is 0 Å². The second-order valence-electron chi connectivity index (χ2n) is 7.09. The van der Waals surface area contributed by atoms with Gasteiger partial charge in [-0.05, 0) is 24.2 Å². The van der Waals surface area contributed by atoms with Crippen LogP contribution in [0.25, 0.3) is 0 Å². The molecule has 6 nitrogen and oxygen atoms in total. The van der Waals surface area contributed by atoms with Gasteiger partial charge in [-0.15, -0.1) is 0 Å². The molecule has 0 spiro atoms. The summed E-state index contributed by atoms with van der Waals surface area (Å²) in [7, 11) is -1.07. The summed E-state index contributed by atoms with van der Waals surface area (Å²) in [5.74, 6) is -0.642. The standard InChI is InChI=1S/C17H25NO5Si/c1-12(16(19)22-5)15(23-24(6,7)17(2,3)4)13-10-8-9-11-14(13)18(20)21/h8-11,15H,1H2,2-7H3. The Morgan fingerprint density at radius 3 is 2.29 bits per heavy atom. The number of hydrogen-bond acceptors (Lipinski definition) is 5. The van der Waals surface area contributed by atoms with Crippen LogP contribution in [0.3, 0.4) is 0 Å². The van der Waals surface area contributed by atoms with Crippen molar-refractivity contribution in [3.63, 3.8) is 0 Å². The van der Waals surface area contributed by atoms with Crippen molar-refractivity contribution in [1.82, 2.24) is 0 Å². The Bertz CT molecular complexity index is 649. The van der Waals surface area contributed by atoms with Crippen molar-refractivity contribution in [1.29, 1.82) is 0 Å². The zero-order valence-corrected chi connectivity index (χ0v) is 16.1. The van der Waals surface area contributed by atoms with Crippen LogP contribution in [0.1, 0.15) is 32.4 Å². The van der Waals surface area contributed by atoms with Gasteiger partial charge in [0.1, 0.15) is 6.10 Å². The molecule has 0 saturated heterocycles. The first-order chi connectivity index (χ1) is 10.9. The molecule has 0 aromatic heterocycles. The van der Waals surface area contributed by atoms with Gasteiger partial charge in [0.05, 0.1) is 23.2 Å². The molecule has 7 heteroatoms. The molecule has 1 aromatic carbocycles. The molecular formula is C17H25NO5Si. The summed E-state index contributed by atoms with van der Waals surface area (Å²) in [5.41, 5.74) is 0.255. The highest BCUT2D eigenvalue weighted by Gasteiger charge is 2.42. The molecular weight excluding hydrogens is 326 g/mol. The molecule has 1 rings (SSSR count). The number of hydrogen-bond donors (Lipinski definition) is 0. The largest absolute Gasteiger partial charge is 0.466 e. The van der Waals surface area contributed by atoms with Crippen LogP contribution in [0.2, 0.25) is 18.1 Å². The van der Waals surface area contributed by atoms with Gasteiger partial charge in [-0.3, -0.25) is 10.1 Å². The van der Waals surface area contributed by atoms with E-state index < -0.39 is 25.3 Å². The van der Waals surface area contributed by atoms with Gasteiger partial charge >= 0.3 is 5.97 Å². The normalized spacial score (nSPS) is 13.2. The molecule has 1 unspecified atom stereocenters. The van der Waals surface area contributed by atoms with Crippen molar-refractivity contribution in [2.75, 3.05) is 7.11 Å². The van der Waals surface area contributed by atoms with Crippen molar-refractivity contribution < 1.29 is 18.9 Å². The number of methoxy groups -OCH3 is 1. The van der Waals surface area contributed by atoms with Crippen LogP contribution in [-0.4, -0.2) is 26.3 Å². The quantitative estimate of drug-likeness (QED) is 0.250. The number of para-hydroxylation sites is 1. The minimum absolute atomic E-state index is 0.0524. The van der Waals surface area contributed by atoms with Crippen LogP contribution in [0.15, 0.2) is 36.4 Å². The molecule has 132 valence electrons. The van der Waals surface area contributed by atoms with Crippen LogP contribution in [0.4, 0.5) is 5.69 Å². The Morgan fingerprint density at radius 2 is 1.83 bits per heavy atom. The smallest absolute Gasteiger partial charge is 0.336 e. The minimum atomic E-state index is -2.32. The highest BCUT2D eigenvalue weighted by atomic mass is 28.4. The second kappa shape index (κ2) is 7.27. The number of nitrogens with zero attached hydrogens (tertiary/aromatic N) is 1. The summed E-state index contributed by atoms with van der Waals surface area (Å²) in [4.78, 5) is 22.9. The average molecular weight is 351 g/mol. The first-order valence-corrected chi connectivity index (χ1v) is 10.5. The van der Waals surface area contributed by atoms with Crippen molar-refractivity contribution in [2.45, 2.75) is 45.0 Å². The number of nitro benzene ring substituents is 1. The molecule has 0 amide bonds. The monoisotopic (exact) mass is 351 g/mol. The fourth-order valence-electron chi connectivity index (χ4n) is 1.91. The molecule has 0 aliphatic rings. The first-order valence-electron chi connectivity index (χ1n) is 7.60. The Morgan fingerprint density at radius 1 is 1.29 bits per heavy atom. The summed E-state index contributed by atoms with van der Waals surface area (Å²) in [6.07, 6.45) is -0.917. The first kappa shape index (κ1) is 20.1. The third-order valence-corrected chi connectivity index (χ3v) is 8.84. The van der Waals surface area contributed by atoms with Gasteiger partial charge < -0.3 is 9.16 Å². The summed E-state index contributed by atoms with van der Waals surface area (Å²) in [5, 5.41) is 11.2. The van der Waals surface area contributed by atoms with E-state index in [-0.39, 0.29) is 16.3 Å². The zero-order chi connectivity index (χ0) is 18.7. The molecule has 0 heterocycles. The lowest BCUT2D eigenvalue weighted by Gasteiger charge is -2.39. The SMILES string of the molecule is C=C(C(=O)OC)C(O[Si](C)(C)C(C)(C)C)c1ccccc1[N+](=O)[O-]. The van der Waals surface area contributed by atoms with E-state index >= 15 is 0 Å². The lowest BCUT2D eigenvalue weighted by atomic mass is 10.0. The van der Waals surface area contributed by atoms with E-state index in [1.165, 1.54) is 13.2 Å². The van der Waals surface area contributed by atoms with E-state index in [4.69, 9.17) is 9.16 Å². The fraction of sp³-hybridized carbons (Fsp3) is 0.471. The predicted molar refractivity (Wildman–Crippen MR) is 95.3 cm³/mol. The molecule has 1 aromatic rings. The van der Waals surface area contributed by atoms with Crippen molar-refractivity contribution >= 4 is 20.0 Å². The maximum absolute atomic E-state index is 12.0. The summed E-state index contributed by atoms with van der Waals surface area (Å²) in [6, 6.07) is 6.23. The summed E-state index contributed by atoms with van der Waals surface area (Å²) >= 11 is 0. The number of benzene rings is 1. The number of rotatable bonds is 6. The number of esters is 1. The van der Waals surface area contributed by atoms with E-state index in [0.717, 1.165) is 0 Å². The molecule has 0 fully saturated rings. The van der Waals surface area contributed by atoms with Crippen molar-refractivity contribution in [3.8, 4) is 0 Å². The second-order valence-corrected chi connectivity index (χ2v) is 11.8. The average Bonchev–Trinajstić information content (AvgIpc) is 2.50. The maximum atomic E-state index is 12.0. The van der Waals surface area contributed by atoms with Crippen LogP contribution in [0, 0.1) is 10.1 Å². The molecule has 0 aliphatic heterocycles. The van der Waals surface area contributed by atoms with E-state index in [9.17, 15) is 14.9 Å². The lowest BCUT2D eigenvalue weighted by Crippen LogP contribution is -2.42. The highest BCUT2D eigenvalue weighted by Crippen LogP contribution is 2.43. The van der Waals surface area contributed by atoms with E-state index in [0.29, 0.717) is 5.56 Å². The van der Waals surface area contributed by atoms with E-state index in [2.05, 4.69) is 27.4 Å². The van der Waals surface area contributed by atoms with Crippen LogP contribution in [-0.2, 0) is 14.0 Å². The maximum Gasteiger partial charge on any atom is 0.336 e. The van der Waals surface area contributed by atoms with Crippen LogP contribution < -0.4 is 0 Å². The van der Waals surface area contributed by atoms with Gasteiger partial charge in [-0.1, -0.05) is 39.5 Å². The highest BCUT2D eigenvalue weighted by molar-refractivity contribution is 6.74. The van der Waals surface area contributed by atoms with Gasteiger partial charge in [0.2, 0.25) is 0 Å². The molecule has 1 atom stereocenters. The topological polar surface area (TPSA) is 78.7 Å². The Labute approximate surface area is 143 Å². The molecule has 0 saturated carbocycles. The summed E-state index contributed by atoms with van der Waals surface area (Å²) < 4.78 is 11.0. The Balaban J connectivity index is 3.44. The number of nitro groups is 1. The molecule has 0 aliphatic carbocycles. The van der Waals surface area contributed by atoms with Gasteiger partial charge in [-0.2, -0.15) is 0 Å². The third kappa shape index (κ3) is 4.30. The molecule has 0 radical (unpaired) electrons.